The van der Waals surface area contributed by atoms with Crippen molar-refractivity contribution in [2.24, 2.45) is 0 Å². The van der Waals surface area contributed by atoms with E-state index in [9.17, 15) is 9.18 Å². The molecular formula is C19H18ClFO3. The minimum Gasteiger partial charge on any atom is -0.495 e. The third-order valence-corrected chi connectivity index (χ3v) is 4.93. The summed E-state index contributed by atoms with van der Waals surface area (Å²) < 4.78 is 24.9. The molecule has 1 aliphatic rings. The van der Waals surface area contributed by atoms with Crippen molar-refractivity contribution in [2.45, 2.75) is 25.2 Å². The van der Waals surface area contributed by atoms with Crippen LogP contribution in [0.3, 0.4) is 0 Å². The van der Waals surface area contributed by atoms with Gasteiger partial charge in [0.1, 0.15) is 5.75 Å². The van der Waals surface area contributed by atoms with E-state index in [1.165, 1.54) is 7.11 Å². The van der Waals surface area contributed by atoms with Crippen LogP contribution in [0.4, 0.5) is 4.39 Å². The van der Waals surface area contributed by atoms with Crippen molar-refractivity contribution >= 4 is 17.4 Å². The topological polar surface area (TPSA) is 35.5 Å². The highest BCUT2D eigenvalue weighted by Crippen LogP contribution is 2.39. The van der Waals surface area contributed by atoms with Gasteiger partial charge in [-0.3, -0.25) is 4.79 Å². The number of methoxy groups -OCH3 is 2. The summed E-state index contributed by atoms with van der Waals surface area (Å²) in [6.45, 7) is 0. The zero-order valence-corrected chi connectivity index (χ0v) is 14.3. The molecular weight excluding hydrogens is 331 g/mol. The molecule has 3 nitrogen and oxygen atoms in total. The van der Waals surface area contributed by atoms with Crippen LogP contribution in [0.5, 0.6) is 11.5 Å². The van der Waals surface area contributed by atoms with Crippen LogP contribution in [0, 0.1) is 5.82 Å². The number of carbonyl (C=O) groups is 1. The second kappa shape index (κ2) is 6.81. The molecule has 0 saturated carbocycles. The van der Waals surface area contributed by atoms with Crippen LogP contribution in [0.25, 0.3) is 0 Å². The standard InChI is InChI=1S/C19H18ClFO3/c1-23-15-10-9-14-11(17(15)20)5-3-7-13(19(14)22)12-6-4-8-16(24-2)18(12)21/h4,6,8-10,13H,3,5,7H2,1-2H3. The Hall–Kier alpha value is -2.07. The van der Waals surface area contributed by atoms with Gasteiger partial charge in [0.2, 0.25) is 0 Å². The minimum absolute atomic E-state index is 0.112. The van der Waals surface area contributed by atoms with Gasteiger partial charge in [-0.2, -0.15) is 0 Å². The molecule has 5 heteroatoms. The Morgan fingerprint density at radius 1 is 1.12 bits per heavy atom. The van der Waals surface area contributed by atoms with Crippen LogP contribution in [-0.4, -0.2) is 20.0 Å². The molecule has 0 spiro atoms. The Labute approximate surface area is 145 Å². The van der Waals surface area contributed by atoms with Gasteiger partial charge in [-0.05, 0) is 43.0 Å². The third-order valence-electron chi connectivity index (χ3n) is 4.52. The maximum absolute atomic E-state index is 14.6. The zero-order valence-electron chi connectivity index (χ0n) is 13.6. The first-order chi connectivity index (χ1) is 11.6. The molecule has 0 fully saturated rings. The summed E-state index contributed by atoms with van der Waals surface area (Å²) in [5.74, 6) is -0.418. The molecule has 1 atom stereocenters. The number of hydrogen-bond donors (Lipinski definition) is 0. The zero-order chi connectivity index (χ0) is 17.3. The van der Waals surface area contributed by atoms with Crippen LogP contribution in [0.1, 0.15) is 40.2 Å². The number of fused-ring (bicyclic) bond motifs is 1. The number of ether oxygens (including phenoxy) is 2. The van der Waals surface area contributed by atoms with Crippen LogP contribution < -0.4 is 9.47 Å². The molecule has 1 unspecified atom stereocenters. The SMILES string of the molecule is COc1cccc(C2CCCc3c(ccc(OC)c3Cl)C2=O)c1F. The normalized spacial score (nSPS) is 17.2. The van der Waals surface area contributed by atoms with Crippen molar-refractivity contribution < 1.29 is 18.7 Å². The fourth-order valence-electron chi connectivity index (χ4n) is 3.29. The highest BCUT2D eigenvalue weighted by molar-refractivity contribution is 6.33. The first-order valence-electron chi connectivity index (χ1n) is 7.80. The van der Waals surface area contributed by atoms with Crippen molar-refractivity contribution in [3.63, 3.8) is 0 Å². The molecule has 0 saturated heterocycles. The molecule has 0 aromatic heterocycles. The molecule has 2 aromatic rings. The summed E-state index contributed by atoms with van der Waals surface area (Å²) >= 11 is 6.37. The smallest absolute Gasteiger partial charge is 0.170 e. The van der Waals surface area contributed by atoms with Crippen molar-refractivity contribution in [2.75, 3.05) is 14.2 Å². The Morgan fingerprint density at radius 3 is 2.58 bits per heavy atom. The number of Topliss-reactive ketones (excluding diaryl/α,β-unsaturated/α-hetero) is 1. The summed E-state index contributed by atoms with van der Waals surface area (Å²) in [6, 6.07) is 8.31. The molecule has 0 bridgehead atoms. The maximum atomic E-state index is 14.6. The minimum atomic E-state index is -0.536. The Morgan fingerprint density at radius 2 is 1.88 bits per heavy atom. The molecule has 24 heavy (non-hydrogen) atoms. The quantitative estimate of drug-likeness (QED) is 0.747. The van der Waals surface area contributed by atoms with Crippen molar-refractivity contribution in [1.29, 1.82) is 0 Å². The summed E-state index contributed by atoms with van der Waals surface area (Å²) in [5.41, 5.74) is 1.71. The third kappa shape index (κ3) is 2.75. The number of hydrogen-bond acceptors (Lipinski definition) is 3. The van der Waals surface area contributed by atoms with Crippen LogP contribution in [0.2, 0.25) is 5.02 Å². The van der Waals surface area contributed by atoms with Crippen LogP contribution in [0.15, 0.2) is 30.3 Å². The van der Waals surface area contributed by atoms with Gasteiger partial charge < -0.3 is 9.47 Å². The summed E-state index contributed by atoms with van der Waals surface area (Å²) in [6.07, 6.45) is 1.97. The lowest BCUT2D eigenvalue weighted by atomic mass is 9.88. The lowest BCUT2D eigenvalue weighted by Crippen LogP contribution is -2.14. The molecule has 126 valence electrons. The average molecular weight is 349 g/mol. The fourth-order valence-corrected chi connectivity index (χ4v) is 3.62. The fraction of sp³-hybridized carbons (Fsp3) is 0.316. The largest absolute Gasteiger partial charge is 0.495 e. The van der Waals surface area contributed by atoms with E-state index in [-0.39, 0.29) is 11.5 Å². The number of carbonyl (C=O) groups excluding carboxylic acids is 1. The van der Waals surface area contributed by atoms with Crippen LogP contribution in [-0.2, 0) is 6.42 Å². The van der Waals surface area contributed by atoms with Crippen molar-refractivity contribution in [3.05, 3.63) is 57.9 Å². The van der Waals surface area contributed by atoms with Gasteiger partial charge in [-0.15, -0.1) is 0 Å². The number of rotatable bonds is 3. The highest BCUT2D eigenvalue weighted by atomic mass is 35.5. The molecule has 0 N–H and O–H groups in total. The van der Waals surface area contributed by atoms with E-state index in [0.29, 0.717) is 34.7 Å². The average Bonchev–Trinajstić information content (AvgIpc) is 2.76. The van der Waals surface area contributed by atoms with E-state index in [0.717, 1.165) is 12.0 Å². The van der Waals surface area contributed by atoms with Crippen molar-refractivity contribution in [1.82, 2.24) is 0 Å². The maximum Gasteiger partial charge on any atom is 0.170 e. The Balaban J connectivity index is 2.08. The van der Waals surface area contributed by atoms with Gasteiger partial charge >= 0.3 is 0 Å². The number of halogens is 2. The molecule has 0 heterocycles. The second-order valence-electron chi connectivity index (χ2n) is 5.78. The molecule has 2 aromatic carbocycles. The summed E-state index contributed by atoms with van der Waals surface area (Å²) in [5, 5.41) is 0.468. The number of benzene rings is 2. The molecule has 0 aliphatic heterocycles. The first-order valence-corrected chi connectivity index (χ1v) is 8.18. The molecule has 0 amide bonds. The van der Waals surface area contributed by atoms with E-state index in [1.54, 1.807) is 37.4 Å². The molecule has 0 radical (unpaired) electrons. The predicted molar refractivity (Wildman–Crippen MR) is 91.0 cm³/mol. The van der Waals surface area contributed by atoms with Crippen molar-refractivity contribution in [3.8, 4) is 11.5 Å². The Kier molecular flexibility index (Phi) is 4.76. The van der Waals surface area contributed by atoms with E-state index in [2.05, 4.69) is 0 Å². The van der Waals surface area contributed by atoms with Gasteiger partial charge in [0.15, 0.2) is 17.3 Å². The van der Waals surface area contributed by atoms with E-state index < -0.39 is 11.7 Å². The van der Waals surface area contributed by atoms with E-state index in [4.69, 9.17) is 21.1 Å². The second-order valence-corrected chi connectivity index (χ2v) is 6.16. The monoisotopic (exact) mass is 348 g/mol. The predicted octanol–water partition coefficient (Wildman–Crippen LogP) is 4.80. The van der Waals surface area contributed by atoms with Gasteiger partial charge in [-0.1, -0.05) is 23.7 Å². The first kappa shape index (κ1) is 16.8. The highest BCUT2D eigenvalue weighted by Gasteiger charge is 2.31. The lowest BCUT2D eigenvalue weighted by molar-refractivity contribution is 0.0955. The van der Waals surface area contributed by atoms with E-state index >= 15 is 0 Å². The van der Waals surface area contributed by atoms with Crippen LogP contribution >= 0.6 is 11.6 Å². The molecule has 3 rings (SSSR count). The number of ketones is 1. The van der Waals surface area contributed by atoms with Gasteiger partial charge in [0, 0.05) is 11.1 Å². The van der Waals surface area contributed by atoms with Gasteiger partial charge in [0.25, 0.3) is 0 Å². The molecule has 1 aliphatic carbocycles. The van der Waals surface area contributed by atoms with Gasteiger partial charge in [0.05, 0.1) is 25.2 Å². The Bertz CT molecular complexity index is 788. The van der Waals surface area contributed by atoms with E-state index in [1.807, 2.05) is 0 Å². The summed E-state index contributed by atoms with van der Waals surface area (Å²) in [7, 11) is 2.96. The van der Waals surface area contributed by atoms with Gasteiger partial charge in [-0.25, -0.2) is 4.39 Å². The lowest BCUT2D eigenvalue weighted by Gasteiger charge is -2.17. The summed E-state index contributed by atoms with van der Waals surface area (Å²) in [4.78, 5) is 13.0.